The predicted molar refractivity (Wildman–Crippen MR) is 77.6 cm³/mol. The summed E-state index contributed by atoms with van der Waals surface area (Å²) in [5.41, 5.74) is 1.03. The van der Waals surface area contributed by atoms with Gasteiger partial charge >= 0.3 is 0 Å². The first kappa shape index (κ1) is 15.4. The van der Waals surface area contributed by atoms with E-state index in [-0.39, 0.29) is 10.8 Å². The molecule has 3 nitrogen and oxygen atoms in total. The molecular weight excluding hydrogens is 298 g/mol. The molecule has 1 heterocycles. The number of amides is 1. The van der Waals surface area contributed by atoms with Crippen molar-refractivity contribution in [1.82, 2.24) is 4.98 Å². The summed E-state index contributed by atoms with van der Waals surface area (Å²) in [6.07, 6.45) is 1.55. The van der Waals surface area contributed by atoms with Crippen molar-refractivity contribution in [3.8, 4) is 0 Å². The zero-order valence-corrected chi connectivity index (χ0v) is 12.0. The molecule has 0 aliphatic rings. The number of nitrogens with zero attached hydrogens (tertiary/aromatic N) is 1. The molecule has 1 aromatic heterocycles. The molecule has 1 N–H and O–H groups in total. The van der Waals surface area contributed by atoms with Gasteiger partial charge in [-0.2, -0.15) is 0 Å². The van der Waals surface area contributed by atoms with Crippen LogP contribution in [0.3, 0.4) is 0 Å². The molecule has 2 rings (SSSR count). The number of aromatic nitrogens is 1. The van der Waals surface area contributed by atoms with Gasteiger partial charge in [0.05, 0.1) is 0 Å². The number of hydrogen-bond acceptors (Lipinski definition) is 2. The first-order valence-corrected chi connectivity index (χ1v) is 6.79. The molecule has 1 amide bonds. The third kappa shape index (κ3) is 4.23. The maximum Gasteiger partial charge on any atom is 0.255 e. The molecule has 0 saturated carbocycles. The number of rotatable bonds is 4. The zero-order valence-electron chi connectivity index (χ0n) is 11.3. The summed E-state index contributed by atoms with van der Waals surface area (Å²) in [6.45, 7) is 1.98. The van der Waals surface area contributed by atoms with Gasteiger partial charge in [-0.15, -0.1) is 0 Å². The number of carbonyl (C=O) groups is 1. The lowest BCUT2D eigenvalue weighted by Gasteiger charge is -2.07. The summed E-state index contributed by atoms with van der Waals surface area (Å²) < 4.78 is 26.2. The molecule has 0 aliphatic carbocycles. The van der Waals surface area contributed by atoms with Crippen LogP contribution in [0.15, 0.2) is 30.3 Å². The number of aryl methyl sites for hydroxylation is 1. The van der Waals surface area contributed by atoms with Crippen molar-refractivity contribution < 1.29 is 13.6 Å². The van der Waals surface area contributed by atoms with Crippen LogP contribution in [0.4, 0.5) is 14.5 Å². The van der Waals surface area contributed by atoms with Gasteiger partial charge in [-0.05, 0) is 30.7 Å². The minimum Gasteiger partial charge on any atom is -0.322 e. The van der Waals surface area contributed by atoms with Gasteiger partial charge in [0.25, 0.3) is 5.91 Å². The highest BCUT2D eigenvalue weighted by atomic mass is 35.5. The van der Waals surface area contributed by atoms with Gasteiger partial charge in [0.2, 0.25) is 0 Å². The van der Waals surface area contributed by atoms with Crippen molar-refractivity contribution in [2.45, 2.75) is 19.8 Å². The van der Waals surface area contributed by atoms with Gasteiger partial charge in [-0.3, -0.25) is 4.79 Å². The second kappa shape index (κ2) is 6.63. The second-order valence-corrected chi connectivity index (χ2v) is 4.92. The van der Waals surface area contributed by atoms with E-state index in [2.05, 4.69) is 10.3 Å². The van der Waals surface area contributed by atoms with Crippen LogP contribution in [0.25, 0.3) is 0 Å². The molecule has 0 fully saturated rings. The summed E-state index contributed by atoms with van der Waals surface area (Å²) in [6, 6.07) is 5.83. The molecule has 0 spiro atoms. The Labute approximate surface area is 126 Å². The topological polar surface area (TPSA) is 42.0 Å². The van der Waals surface area contributed by atoms with E-state index in [1.54, 1.807) is 6.07 Å². The Kier molecular flexibility index (Phi) is 4.85. The van der Waals surface area contributed by atoms with Crippen LogP contribution < -0.4 is 5.32 Å². The third-order valence-corrected chi connectivity index (χ3v) is 2.93. The van der Waals surface area contributed by atoms with Crippen LogP contribution in [0.2, 0.25) is 5.15 Å². The Balaban J connectivity index is 2.23. The number of halogens is 3. The molecule has 6 heteroatoms. The van der Waals surface area contributed by atoms with Gasteiger partial charge in [0, 0.05) is 23.0 Å². The summed E-state index contributed by atoms with van der Waals surface area (Å²) in [4.78, 5) is 16.2. The molecule has 0 atom stereocenters. The number of hydrogen-bond donors (Lipinski definition) is 1. The smallest absolute Gasteiger partial charge is 0.255 e. The maximum atomic E-state index is 13.1. The van der Waals surface area contributed by atoms with E-state index >= 15 is 0 Å². The third-order valence-electron chi connectivity index (χ3n) is 2.74. The molecule has 0 aliphatic heterocycles. The number of carbonyl (C=O) groups excluding carboxylic acids is 1. The highest BCUT2D eigenvalue weighted by Gasteiger charge is 2.11. The molecule has 0 bridgehead atoms. The fourth-order valence-corrected chi connectivity index (χ4v) is 2.12. The van der Waals surface area contributed by atoms with Crippen molar-refractivity contribution in [2.24, 2.45) is 0 Å². The zero-order chi connectivity index (χ0) is 15.4. The fourth-order valence-electron chi connectivity index (χ4n) is 1.90. The van der Waals surface area contributed by atoms with Crippen LogP contribution in [0.1, 0.15) is 29.4 Å². The highest BCUT2D eigenvalue weighted by Crippen LogP contribution is 2.17. The van der Waals surface area contributed by atoms with E-state index in [9.17, 15) is 13.6 Å². The van der Waals surface area contributed by atoms with Gasteiger partial charge in [0.15, 0.2) is 0 Å². The summed E-state index contributed by atoms with van der Waals surface area (Å²) >= 11 is 5.87. The number of nitrogens with one attached hydrogen (secondary N) is 1. The first-order valence-electron chi connectivity index (χ1n) is 6.42. The molecule has 0 radical (unpaired) electrons. The van der Waals surface area contributed by atoms with E-state index in [0.29, 0.717) is 17.7 Å². The Hall–Kier alpha value is -2.01. The normalized spacial score (nSPS) is 10.5. The lowest BCUT2D eigenvalue weighted by Crippen LogP contribution is -2.13. The van der Waals surface area contributed by atoms with Crippen LogP contribution in [0, 0.1) is 11.6 Å². The van der Waals surface area contributed by atoms with Gasteiger partial charge in [-0.1, -0.05) is 24.9 Å². The summed E-state index contributed by atoms with van der Waals surface area (Å²) in [5.74, 6) is -2.02. The first-order chi connectivity index (χ1) is 9.97. The van der Waals surface area contributed by atoms with E-state index in [0.717, 1.165) is 24.6 Å². The molecule has 0 saturated heterocycles. The maximum absolute atomic E-state index is 13.1. The minimum atomic E-state index is -0.760. The van der Waals surface area contributed by atoms with E-state index < -0.39 is 17.5 Å². The number of benzene rings is 1. The Morgan fingerprint density at radius 2 is 1.86 bits per heavy atom. The van der Waals surface area contributed by atoms with Crippen LogP contribution >= 0.6 is 11.6 Å². The fraction of sp³-hybridized carbons (Fsp3) is 0.200. The lowest BCUT2D eigenvalue weighted by molar-refractivity contribution is 0.102. The van der Waals surface area contributed by atoms with Crippen molar-refractivity contribution >= 4 is 23.2 Å². The predicted octanol–water partition coefficient (Wildman–Crippen LogP) is 4.22. The SMILES string of the molecule is CCCc1cc(C(=O)Nc2cc(F)cc(F)c2)cc(Cl)n1. The number of anilines is 1. The lowest BCUT2D eigenvalue weighted by atomic mass is 10.1. The van der Waals surface area contributed by atoms with Gasteiger partial charge in [0.1, 0.15) is 16.8 Å². The van der Waals surface area contributed by atoms with Crippen molar-refractivity contribution in [3.63, 3.8) is 0 Å². The second-order valence-electron chi connectivity index (χ2n) is 4.53. The van der Waals surface area contributed by atoms with Crippen molar-refractivity contribution in [3.05, 3.63) is 58.4 Å². The van der Waals surface area contributed by atoms with Crippen LogP contribution in [-0.2, 0) is 6.42 Å². The van der Waals surface area contributed by atoms with Gasteiger partial charge < -0.3 is 5.32 Å². The Morgan fingerprint density at radius 3 is 2.48 bits per heavy atom. The summed E-state index contributed by atoms with van der Waals surface area (Å²) in [5, 5.41) is 2.64. The Bertz CT molecular complexity index is 656. The van der Waals surface area contributed by atoms with E-state index in [4.69, 9.17) is 11.6 Å². The molecule has 1 aromatic carbocycles. The monoisotopic (exact) mass is 310 g/mol. The van der Waals surface area contributed by atoms with E-state index in [1.807, 2.05) is 6.92 Å². The number of pyridine rings is 1. The largest absolute Gasteiger partial charge is 0.322 e. The summed E-state index contributed by atoms with van der Waals surface area (Å²) in [7, 11) is 0. The molecule has 110 valence electrons. The van der Waals surface area contributed by atoms with Crippen LogP contribution in [0.5, 0.6) is 0 Å². The average Bonchev–Trinajstić information content (AvgIpc) is 2.37. The molecule has 0 unspecified atom stereocenters. The average molecular weight is 311 g/mol. The standard InChI is InChI=1S/C15H13ClF2N2O/c1-2-3-12-4-9(5-14(16)19-12)15(21)20-13-7-10(17)6-11(18)8-13/h4-8H,2-3H2,1H3,(H,20,21). The van der Waals surface area contributed by atoms with Crippen LogP contribution in [-0.4, -0.2) is 10.9 Å². The van der Waals surface area contributed by atoms with Crippen molar-refractivity contribution in [1.29, 1.82) is 0 Å². The molecule has 21 heavy (non-hydrogen) atoms. The Morgan fingerprint density at radius 1 is 1.19 bits per heavy atom. The van der Waals surface area contributed by atoms with E-state index in [1.165, 1.54) is 6.07 Å². The quantitative estimate of drug-likeness (QED) is 0.859. The van der Waals surface area contributed by atoms with Crippen molar-refractivity contribution in [2.75, 3.05) is 5.32 Å². The molecule has 2 aromatic rings. The van der Waals surface area contributed by atoms with Gasteiger partial charge in [-0.25, -0.2) is 13.8 Å². The highest BCUT2D eigenvalue weighted by molar-refractivity contribution is 6.29. The molecular formula is C15H13ClF2N2O. The minimum absolute atomic E-state index is 0.0440.